The number of nitrogens with zero attached hydrogens (tertiary/aromatic N) is 1. The highest BCUT2D eigenvalue weighted by Crippen LogP contribution is 2.44. The number of benzene rings is 1. The first-order valence-electron chi connectivity index (χ1n) is 7.63. The van der Waals surface area contributed by atoms with Gasteiger partial charge >= 0.3 is 0 Å². The van der Waals surface area contributed by atoms with E-state index >= 15 is 0 Å². The molecular weight excluding hydrogens is 312 g/mol. The van der Waals surface area contributed by atoms with Crippen LogP contribution in [-0.2, 0) is 6.61 Å². The first-order valence-corrected chi connectivity index (χ1v) is 8.51. The highest BCUT2D eigenvalue weighted by atomic mass is 32.1. The van der Waals surface area contributed by atoms with Crippen LogP contribution in [0.3, 0.4) is 0 Å². The van der Waals surface area contributed by atoms with Crippen LogP contribution in [-0.4, -0.2) is 29.1 Å². The number of amides is 1. The second-order valence-corrected chi connectivity index (χ2v) is 7.08. The molecule has 0 unspecified atom stereocenters. The van der Waals surface area contributed by atoms with Crippen molar-refractivity contribution in [2.75, 3.05) is 13.2 Å². The van der Waals surface area contributed by atoms with Gasteiger partial charge in [0.1, 0.15) is 12.4 Å². The zero-order chi connectivity index (χ0) is 16.3. The predicted octanol–water partition coefficient (Wildman–Crippen LogP) is 2.53. The molecule has 1 aliphatic carbocycles. The van der Waals surface area contributed by atoms with Gasteiger partial charge in [-0.15, -0.1) is 11.3 Å². The Morgan fingerprint density at radius 2 is 2.30 bits per heavy atom. The number of aromatic nitrogens is 1. The summed E-state index contributed by atoms with van der Waals surface area (Å²) in [5.41, 5.74) is 1.36. The van der Waals surface area contributed by atoms with Crippen LogP contribution in [0.15, 0.2) is 29.6 Å². The van der Waals surface area contributed by atoms with Gasteiger partial charge in [0.2, 0.25) is 0 Å². The Kier molecular flexibility index (Phi) is 4.63. The van der Waals surface area contributed by atoms with E-state index in [1.807, 2.05) is 18.4 Å². The van der Waals surface area contributed by atoms with Crippen LogP contribution < -0.4 is 10.1 Å². The minimum Gasteiger partial charge on any atom is -0.487 e. The number of nitrogens with one attached hydrogen (secondary N) is 1. The largest absolute Gasteiger partial charge is 0.487 e. The molecule has 3 rings (SSSR count). The van der Waals surface area contributed by atoms with E-state index in [9.17, 15) is 9.90 Å². The van der Waals surface area contributed by atoms with Crippen LogP contribution >= 0.6 is 11.3 Å². The molecular formula is C17H20N2O3S. The number of aliphatic hydroxyl groups is 1. The van der Waals surface area contributed by atoms with Gasteiger partial charge in [0.05, 0.1) is 17.3 Å². The molecule has 0 aliphatic heterocycles. The van der Waals surface area contributed by atoms with Gasteiger partial charge in [0.15, 0.2) is 0 Å². The fourth-order valence-electron chi connectivity index (χ4n) is 2.30. The number of rotatable bonds is 7. The van der Waals surface area contributed by atoms with Crippen LogP contribution in [0.5, 0.6) is 5.75 Å². The minimum absolute atomic E-state index is 0.0910. The van der Waals surface area contributed by atoms with Crippen LogP contribution in [0.2, 0.25) is 0 Å². The molecule has 1 aromatic heterocycles. The average molecular weight is 332 g/mol. The van der Waals surface area contributed by atoms with Gasteiger partial charge in [-0.2, -0.15) is 0 Å². The lowest BCUT2D eigenvalue weighted by Crippen LogP contribution is -2.31. The maximum Gasteiger partial charge on any atom is 0.251 e. The zero-order valence-electron chi connectivity index (χ0n) is 13.0. The Morgan fingerprint density at radius 3 is 2.96 bits per heavy atom. The Bertz CT molecular complexity index is 695. The summed E-state index contributed by atoms with van der Waals surface area (Å²) in [6.45, 7) is 3.00. The molecule has 6 heteroatoms. The quantitative estimate of drug-likeness (QED) is 0.817. The fraction of sp³-hybridized carbons (Fsp3) is 0.412. The van der Waals surface area contributed by atoms with Gasteiger partial charge in [-0.25, -0.2) is 4.98 Å². The number of hydrogen-bond acceptors (Lipinski definition) is 5. The maximum absolute atomic E-state index is 12.2. The van der Waals surface area contributed by atoms with E-state index < -0.39 is 0 Å². The number of aliphatic hydroxyl groups excluding tert-OH is 1. The van der Waals surface area contributed by atoms with Gasteiger partial charge in [-0.3, -0.25) is 4.79 Å². The van der Waals surface area contributed by atoms with Gasteiger partial charge in [0.25, 0.3) is 5.91 Å². The van der Waals surface area contributed by atoms with Crippen molar-refractivity contribution < 1.29 is 14.6 Å². The number of thiazole rings is 1. The lowest BCUT2D eigenvalue weighted by atomic mass is 10.1. The fourth-order valence-corrected chi connectivity index (χ4v) is 2.89. The van der Waals surface area contributed by atoms with Gasteiger partial charge < -0.3 is 15.2 Å². The highest BCUT2D eigenvalue weighted by molar-refractivity contribution is 7.09. The Hall–Kier alpha value is -1.92. The molecule has 0 bridgehead atoms. The van der Waals surface area contributed by atoms with E-state index in [0.29, 0.717) is 24.5 Å². The van der Waals surface area contributed by atoms with Crippen molar-refractivity contribution in [3.8, 4) is 5.75 Å². The summed E-state index contributed by atoms with van der Waals surface area (Å²) in [4.78, 5) is 16.6. The van der Waals surface area contributed by atoms with Crippen molar-refractivity contribution in [2.24, 2.45) is 5.41 Å². The van der Waals surface area contributed by atoms with E-state index in [4.69, 9.17) is 4.74 Å². The standard InChI is InChI=1S/C17H20N2O3S/c1-12-19-14(9-23-12)8-22-15-4-2-3-13(7-15)16(21)18-10-17(11-20)5-6-17/h2-4,7,9,20H,5-6,8,10-11H2,1H3,(H,18,21). The maximum atomic E-state index is 12.2. The number of aryl methyl sites for hydroxylation is 1. The normalized spacial score (nSPS) is 15.2. The minimum atomic E-state index is -0.139. The van der Waals surface area contributed by atoms with Crippen molar-refractivity contribution in [3.05, 3.63) is 45.9 Å². The zero-order valence-corrected chi connectivity index (χ0v) is 13.9. The third-order valence-electron chi connectivity index (χ3n) is 4.07. The Morgan fingerprint density at radius 1 is 1.48 bits per heavy atom. The molecule has 5 nitrogen and oxygen atoms in total. The number of carbonyl (C=O) groups excluding carboxylic acids is 1. The van der Waals surface area contributed by atoms with Crippen molar-refractivity contribution in [1.82, 2.24) is 10.3 Å². The number of ether oxygens (including phenoxy) is 1. The SMILES string of the molecule is Cc1nc(COc2cccc(C(=O)NCC3(CO)CC3)c2)cs1. The van der Waals surface area contributed by atoms with E-state index in [1.54, 1.807) is 29.5 Å². The second kappa shape index (κ2) is 6.68. The van der Waals surface area contributed by atoms with Crippen molar-refractivity contribution in [3.63, 3.8) is 0 Å². The molecule has 1 fully saturated rings. The third-order valence-corrected chi connectivity index (χ3v) is 4.89. The van der Waals surface area contributed by atoms with Crippen molar-refractivity contribution >= 4 is 17.2 Å². The van der Waals surface area contributed by atoms with Gasteiger partial charge in [0, 0.05) is 22.9 Å². The summed E-state index contributed by atoms with van der Waals surface area (Å²) in [6.07, 6.45) is 1.94. The summed E-state index contributed by atoms with van der Waals surface area (Å²) in [5, 5.41) is 15.2. The molecule has 0 atom stereocenters. The molecule has 1 heterocycles. The number of hydrogen-bond donors (Lipinski definition) is 2. The monoisotopic (exact) mass is 332 g/mol. The van der Waals surface area contributed by atoms with Crippen LogP contribution in [0.1, 0.15) is 33.9 Å². The van der Waals surface area contributed by atoms with E-state index in [0.717, 1.165) is 23.5 Å². The topological polar surface area (TPSA) is 71.5 Å². The van der Waals surface area contributed by atoms with Gasteiger partial charge in [-0.05, 0) is 38.0 Å². The van der Waals surface area contributed by atoms with Crippen molar-refractivity contribution in [2.45, 2.75) is 26.4 Å². The first kappa shape index (κ1) is 16.0. The molecule has 0 radical (unpaired) electrons. The first-order chi connectivity index (χ1) is 11.1. The second-order valence-electron chi connectivity index (χ2n) is 6.02. The molecule has 122 valence electrons. The van der Waals surface area contributed by atoms with E-state index in [-0.39, 0.29) is 17.9 Å². The number of carbonyl (C=O) groups is 1. The molecule has 0 spiro atoms. The molecule has 1 aliphatic rings. The molecule has 2 N–H and O–H groups in total. The predicted molar refractivity (Wildman–Crippen MR) is 88.7 cm³/mol. The molecule has 2 aromatic rings. The lowest BCUT2D eigenvalue weighted by molar-refractivity contribution is 0.0934. The third kappa shape index (κ3) is 4.09. The molecule has 1 saturated carbocycles. The summed E-state index contributed by atoms with van der Waals surface area (Å²) in [7, 11) is 0. The molecule has 23 heavy (non-hydrogen) atoms. The summed E-state index contributed by atoms with van der Waals surface area (Å²) < 4.78 is 5.70. The summed E-state index contributed by atoms with van der Waals surface area (Å²) in [5.74, 6) is 0.506. The van der Waals surface area contributed by atoms with E-state index in [1.165, 1.54) is 0 Å². The van der Waals surface area contributed by atoms with Crippen LogP contribution in [0, 0.1) is 12.3 Å². The van der Waals surface area contributed by atoms with Crippen molar-refractivity contribution in [1.29, 1.82) is 0 Å². The molecule has 1 aromatic carbocycles. The molecule has 0 saturated heterocycles. The van der Waals surface area contributed by atoms with Crippen LogP contribution in [0.4, 0.5) is 0 Å². The van der Waals surface area contributed by atoms with Gasteiger partial charge in [-0.1, -0.05) is 6.07 Å². The highest BCUT2D eigenvalue weighted by Gasteiger charge is 2.42. The summed E-state index contributed by atoms with van der Waals surface area (Å²) in [6, 6.07) is 7.11. The summed E-state index contributed by atoms with van der Waals surface area (Å²) >= 11 is 1.59. The Labute approximate surface area is 139 Å². The van der Waals surface area contributed by atoms with E-state index in [2.05, 4.69) is 10.3 Å². The Balaban J connectivity index is 1.57. The van der Waals surface area contributed by atoms with Crippen LogP contribution in [0.25, 0.3) is 0 Å². The average Bonchev–Trinajstić information content (AvgIpc) is 3.25. The molecule has 1 amide bonds. The lowest BCUT2D eigenvalue weighted by Gasteiger charge is -2.13. The smallest absolute Gasteiger partial charge is 0.251 e.